The molecule has 2 nitrogen and oxygen atoms in total. The summed E-state index contributed by atoms with van der Waals surface area (Å²) in [4.78, 5) is 16.0. The van der Waals surface area contributed by atoms with Gasteiger partial charge in [0.2, 0.25) is 0 Å². The van der Waals surface area contributed by atoms with Gasteiger partial charge in [0.15, 0.2) is 0 Å². The summed E-state index contributed by atoms with van der Waals surface area (Å²) in [5.41, 5.74) is 2.94. The van der Waals surface area contributed by atoms with Crippen molar-refractivity contribution in [3.63, 3.8) is 0 Å². The quantitative estimate of drug-likeness (QED) is 0.773. The Labute approximate surface area is 116 Å². The monoisotopic (exact) mass is 269 g/mol. The van der Waals surface area contributed by atoms with Crippen LogP contribution in [0.15, 0.2) is 40.9 Å². The summed E-state index contributed by atoms with van der Waals surface area (Å²) in [6.07, 6.45) is 2.97. The second-order valence-electron chi connectivity index (χ2n) is 5.12. The number of carbonyl (C=O) groups is 1. The number of para-hydroxylation sites is 1. The molecule has 1 atom stereocenters. The minimum atomic E-state index is 0.207. The minimum absolute atomic E-state index is 0.207. The summed E-state index contributed by atoms with van der Waals surface area (Å²) >= 11 is 1.70. The van der Waals surface area contributed by atoms with Crippen molar-refractivity contribution in [2.45, 2.75) is 24.1 Å². The van der Waals surface area contributed by atoms with Gasteiger partial charge in [0.1, 0.15) is 11.3 Å². The maximum absolute atomic E-state index is 11.2. The zero-order valence-electron chi connectivity index (χ0n) is 11.0. The highest BCUT2D eigenvalue weighted by Gasteiger charge is 2.25. The second kappa shape index (κ2) is 4.82. The lowest BCUT2D eigenvalue weighted by Gasteiger charge is -2.25. The predicted octanol–water partition coefficient (Wildman–Crippen LogP) is 3.95. The van der Waals surface area contributed by atoms with Crippen molar-refractivity contribution >= 4 is 35.0 Å². The molecule has 3 rings (SSSR count). The van der Waals surface area contributed by atoms with Crippen LogP contribution < -0.4 is 0 Å². The first-order valence-corrected chi connectivity index (χ1v) is 7.30. The molecule has 19 heavy (non-hydrogen) atoms. The van der Waals surface area contributed by atoms with Gasteiger partial charge < -0.3 is 0 Å². The first-order chi connectivity index (χ1) is 9.19. The summed E-state index contributed by atoms with van der Waals surface area (Å²) in [5, 5.41) is 2.35. The van der Waals surface area contributed by atoms with Crippen molar-refractivity contribution < 1.29 is 4.79 Å². The van der Waals surface area contributed by atoms with E-state index in [-0.39, 0.29) is 5.25 Å². The highest BCUT2D eigenvalue weighted by Crippen LogP contribution is 2.39. The van der Waals surface area contributed by atoms with E-state index in [2.05, 4.69) is 26.0 Å². The minimum Gasteiger partial charge on any atom is -0.298 e. The smallest absolute Gasteiger partial charge is 0.147 e. The van der Waals surface area contributed by atoms with E-state index in [0.29, 0.717) is 5.92 Å². The molecule has 96 valence electrons. The molecule has 1 aromatic carbocycles. The molecule has 0 N–H and O–H groups in total. The molecule has 0 aliphatic carbocycles. The number of hydrogen-bond donors (Lipinski definition) is 0. The number of hydrogen-bond acceptors (Lipinski definition) is 3. The normalized spacial score (nSPS) is 18.3. The summed E-state index contributed by atoms with van der Waals surface area (Å²) < 4.78 is 0. The van der Waals surface area contributed by atoms with Gasteiger partial charge in [-0.15, -0.1) is 0 Å². The van der Waals surface area contributed by atoms with E-state index in [1.54, 1.807) is 11.8 Å². The average Bonchev–Trinajstić information content (AvgIpc) is 2.43. The number of carbonyl (C=O) groups excluding carboxylic acids is 1. The van der Waals surface area contributed by atoms with E-state index >= 15 is 0 Å². The Morgan fingerprint density at radius 2 is 2.11 bits per heavy atom. The molecule has 0 amide bonds. The number of aldehydes is 1. The lowest BCUT2D eigenvalue weighted by Crippen LogP contribution is -2.18. The highest BCUT2D eigenvalue weighted by atomic mass is 32.2. The standard InChI is InChI=1S/C16H15NOS/c1-10(2)15-13(9-18)8-12-7-11-5-3-4-6-14(11)17-16(12)19-15/h3-10,15H,1-2H3/t15-/m1/s1. The van der Waals surface area contributed by atoms with E-state index in [9.17, 15) is 4.79 Å². The van der Waals surface area contributed by atoms with Crippen LogP contribution in [-0.4, -0.2) is 16.5 Å². The lowest BCUT2D eigenvalue weighted by molar-refractivity contribution is -0.105. The van der Waals surface area contributed by atoms with E-state index in [0.717, 1.165) is 33.4 Å². The Bertz CT molecular complexity index is 676. The third kappa shape index (κ3) is 2.19. The number of pyridine rings is 1. The molecule has 2 aromatic rings. The van der Waals surface area contributed by atoms with Gasteiger partial charge in [-0.3, -0.25) is 4.79 Å². The molecule has 0 bridgehead atoms. The van der Waals surface area contributed by atoms with Crippen molar-refractivity contribution in [1.82, 2.24) is 4.98 Å². The number of thioether (sulfide) groups is 1. The van der Waals surface area contributed by atoms with Crippen LogP contribution in [0.25, 0.3) is 17.0 Å². The molecule has 1 aromatic heterocycles. The van der Waals surface area contributed by atoms with Crippen LogP contribution in [-0.2, 0) is 4.79 Å². The molecule has 1 aliphatic heterocycles. The van der Waals surface area contributed by atoms with Gasteiger partial charge in [-0.1, -0.05) is 43.8 Å². The molecular weight excluding hydrogens is 254 g/mol. The zero-order valence-corrected chi connectivity index (χ0v) is 11.8. The fraction of sp³-hybridized carbons (Fsp3) is 0.250. The van der Waals surface area contributed by atoms with Crippen molar-refractivity contribution in [3.8, 4) is 0 Å². The fourth-order valence-electron chi connectivity index (χ4n) is 2.38. The number of rotatable bonds is 2. The van der Waals surface area contributed by atoms with E-state index in [1.165, 1.54) is 0 Å². The molecule has 0 fully saturated rings. The first kappa shape index (κ1) is 12.4. The highest BCUT2D eigenvalue weighted by molar-refractivity contribution is 8.00. The SMILES string of the molecule is CC(C)[C@H]1Sc2nc3ccccc3cc2C=C1C=O. The van der Waals surface area contributed by atoms with Gasteiger partial charge in [-0.25, -0.2) is 4.98 Å². The molecule has 0 saturated heterocycles. The van der Waals surface area contributed by atoms with Gasteiger partial charge in [0, 0.05) is 21.8 Å². The summed E-state index contributed by atoms with van der Waals surface area (Å²) in [6, 6.07) is 10.2. The Hall–Kier alpha value is -1.61. The van der Waals surface area contributed by atoms with E-state index < -0.39 is 0 Å². The average molecular weight is 269 g/mol. The van der Waals surface area contributed by atoms with Crippen molar-refractivity contribution in [2.75, 3.05) is 0 Å². The van der Waals surface area contributed by atoms with Crippen molar-refractivity contribution in [3.05, 3.63) is 41.5 Å². The third-order valence-electron chi connectivity index (χ3n) is 3.35. The summed E-state index contributed by atoms with van der Waals surface area (Å²) in [5.74, 6) is 0.419. The Balaban J connectivity index is 2.17. The molecule has 0 saturated carbocycles. The maximum Gasteiger partial charge on any atom is 0.147 e. The van der Waals surface area contributed by atoms with Crippen molar-refractivity contribution in [1.29, 1.82) is 0 Å². The van der Waals surface area contributed by atoms with Crippen LogP contribution in [0.1, 0.15) is 19.4 Å². The largest absolute Gasteiger partial charge is 0.298 e. The molecule has 0 radical (unpaired) electrons. The fourth-order valence-corrected chi connectivity index (χ4v) is 3.56. The van der Waals surface area contributed by atoms with Crippen molar-refractivity contribution in [2.24, 2.45) is 5.92 Å². The van der Waals surface area contributed by atoms with Crippen LogP contribution in [0.4, 0.5) is 0 Å². The number of benzene rings is 1. The Kier molecular flexibility index (Phi) is 3.15. The molecule has 0 spiro atoms. The van der Waals surface area contributed by atoms with Crippen LogP contribution in [0.3, 0.4) is 0 Å². The number of fused-ring (bicyclic) bond motifs is 2. The van der Waals surface area contributed by atoms with Crippen LogP contribution in [0.5, 0.6) is 0 Å². The van der Waals surface area contributed by atoms with E-state index in [4.69, 9.17) is 4.98 Å². The third-order valence-corrected chi connectivity index (χ3v) is 4.97. The summed E-state index contributed by atoms with van der Waals surface area (Å²) in [6.45, 7) is 4.28. The second-order valence-corrected chi connectivity index (χ2v) is 6.25. The van der Waals surface area contributed by atoms with Gasteiger partial charge >= 0.3 is 0 Å². The van der Waals surface area contributed by atoms with Crippen LogP contribution in [0, 0.1) is 5.92 Å². The van der Waals surface area contributed by atoms with Gasteiger partial charge in [-0.2, -0.15) is 0 Å². The summed E-state index contributed by atoms with van der Waals surface area (Å²) in [7, 11) is 0. The number of aromatic nitrogens is 1. The Morgan fingerprint density at radius 1 is 1.32 bits per heavy atom. The topological polar surface area (TPSA) is 30.0 Å². The number of nitrogens with zero attached hydrogens (tertiary/aromatic N) is 1. The molecular formula is C16H15NOS. The molecule has 1 aliphatic rings. The van der Waals surface area contributed by atoms with Gasteiger partial charge in [0.05, 0.1) is 5.52 Å². The Morgan fingerprint density at radius 3 is 2.84 bits per heavy atom. The first-order valence-electron chi connectivity index (χ1n) is 6.42. The van der Waals surface area contributed by atoms with Crippen LogP contribution >= 0.6 is 11.8 Å². The zero-order chi connectivity index (χ0) is 13.4. The lowest BCUT2D eigenvalue weighted by atomic mass is 10.0. The molecule has 3 heteroatoms. The molecule has 2 heterocycles. The molecule has 0 unspecified atom stereocenters. The van der Waals surface area contributed by atoms with Gasteiger partial charge in [0.25, 0.3) is 0 Å². The van der Waals surface area contributed by atoms with Gasteiger partial charge in [-0.05, 0) is 24.1 Å². The maximum atomic E-state index is 11.2. The van der Waals surface area contributed by atoms with E-state index in [1.807, 2.05) is 24.3 Å². The predicted molar refractivity (Wildman–Crippen MR) is 80.3 cm³/mol. The van der Waals surface area contributed by atoms with Crippen LogP contribution in [0.2, 0.25) is 0 Å².